The van der Waals surface area contributed by atoms with Crippen molar-refractivity contribution in [1.82, 2.24) is 0 Å². The summed E-state index contributed by atoms with van der Waals surface area (Å²) in [7, 11) is 0. The molecule has 2 rings (SSSR count). The Labute approximate surface area is 77.4 Å². The molecule has 0 heterocycles. The average molecular weight is 178 g/mol. The molecule has 0 aromatic heterocycles. The van der Waals surface area contributed by atoms with E-state index in [2.05, 4.69) is 0 Å². The smallest absolute Gasteiger partial charge is 0.120 e. The third-order valence-corrected chi connectivity index (χ3v) is 2.68. The van der Waals surface area contributed by atoms with Gasteiger partial charge in [-0.1, -0.05) is 0 Å². The normalized spacial score (nSPS) is 21.2. The van der Waals surface area contributed by atoms with Crippen molar-refractivity contribution in [3.05, 3.63) is 23.3 Å². The molecule has 0 amide bonds. The molecule has 0 saturated heterocycles. The minimum Gasteiger partial charge on any atom is -0.508 e. The predicted octanol–water partition coefficient (Wildman–Crippen LogP) is 1.31. The molecule has 3 heteroatoms. The number of phenols is 1. The maximum Gasteiger partial charge on any atom is 0.120 e. The summed E-state index contributed by atoms with van der Waals surface area (Å²) in [5.74, 6) is 0.288. The molecule has 0 aliphatic heterocycles. The Balaban J connectivity index is 2.60. The van der Waals surface area contributed by atoms with Crippen molar-refractivity contribution in [2.45, 2.75) is 25.3 Å². The highest BCUT2D eigenvalue weighted by molar-refractivity contribution is 5.57. The standard InChI is InChI=1S/C10H14N2O/c11-7-4-5-9(13)10-6(7)2-1-3-8(10)12/h4-5,8,13H,1-3,11-12H2. The van der Waals surface area contributed by atoms with Crippen molar-refractivity contribution in [2.24, 2.45) is 5.73 Å². The van der Waals surface area contributed by atoms with E-state index in [1.807, 2.05) is 0 Å². The first-order valence-corrected chi connectivity index (χ1v) is 4.56. The van der Waals surface area contributed by atoms with Gasteiger partial charge in [0.25, 0.3) is 0 Å². The molecule has 0 saturated carbocycles. The Hall–Kier alpha value is -1.22. The van der Waals surface area contributed by atoms with Crippen molar-refractivity contribution in [2.75, 3.05) is 5.73 Å². The number of nitrogen functional groups attached to an aromatic ring is 1. The fourth-order valence-electron chi connectivity index (χ4n) is 2.01. The number of nitrogens with two attached hydrogens (primary N) is 2. The highest BCUT2D eigenvalue weighted by Gasteiger charge is 2.21. The van der Waals surface area contributed by atoms with Gasteiger partial charge in [-0.15, -0.1) is 0 Å². The zero-order valence-corrected chi connectivity index (χ0v) is 7.46. The van der Waals surface area contributed by atoms with Crippen LogP contribution < -0.4 is 11.5 Å². The molecular weight excluding hydrogens is 164 g/mol. The van der Waals surface area contributed by atoms with Crippen molar-refractivity contribution in [1.29, 1.82) is 0 Å². The quantitative estimate of drug-likeness (QED) is 0.414. The molecule has 1 aliphatic carbocycles. The molecule has 0 spiro atoms. The molecule has 70 valence electrons. The van der Waals surface area contributed by atoms with Crippen LogP contribution in [0.3, 0.4) is 0 Å². The van der Waals surface area contributed by atoms with Crippen LogP contribution in [0.1, 0.15) is 30.0 Å². The first-order chi connectivity index (χ1) is 6.20. The first kappa shape index (κ1) is 8.38. The number of benzene rings is 1. The largest absolute Gasteiger partial charge is 0.508 e. The Kier molecular flexibility index (Phi) is 1.88. The van der Waals surface area contributed by atoms with Crippen molar-refractivity contribution in [3.8, 4) is 5.75 Å². The lowest BCUT2D eigenvalue weighted by molar-refractivity contribution is 0.448. The molecule has 3 nitrogen and oxygen atoms in total. The summed E-state index contributed by atoms with van der Waals surface area (Å²) in [6.07, 6.45) is 2.93. The predicted molar refractivity (Wildman–Crippen MR) is 52.4 cm³/mol. The van der Waals surface area contributed by atoms with E-state index in [-0.39, 0.29) is 11.8 Å². The van der Waals surface area contributed by atoms with Gasteiger partial charge in [0.1, 0.15) is 5.75 Å². The second kappa shape index (κ2) is 2.92. The number of hydrogen-bond acceptors (Lipinski definition) is 3. The van der Waals surface area contributed by atoms with Crippen molar-refractivity contribution < 1.29 is 5.11 Å². The fraction of sp³-hybridized carbons (Fsp3) is 0.400. The second-order valence-corrected chi connectivity index (χ2v) is 3.56. The maximum absolute atomic E-state index is 9.62. The Morgan fingerprint density at radius 3 is 2.85 bits per heavy atom. The lowest BCUT2D eigenvalue weighted by Gasteiger charge is -2.24. The highest BCUT2D eigenvalue weighted by atomic mass is 16.3. The molecule has 13 heavy (non-hydrogen) atoms. The van der Waals surface area contributed by atoms with Crippen molar-refractivity contribution >= 4 is 5.69 Å². The Morgan fingerprint density at radius 1 is 1.38 bits per heavy atom. The third kappa shape index (κ3) is 1.25. The van der Waals surface area contributed by atoms with Crippen LogP contribution in [-0.4, -0.2) is 5.11 Å². The first-order valence-electron chi connectivity index (χ1n) is 4.56. The number of phenolic OH excluding ortho intramolecular Hbond substituents is 1. The SMILES string of the molecule is Nc1ccc(O)c2c1CCCC2N. The molecule has 1 aromatic rings. The Morgan fingerprint density at radius 2 is 2.15 bits per heavy atom. The van der Waals surface area contributed by atoms with Crippen LogP contribution in [0.25, 0.3) is 0 Å². The minimum atomic E-state index is -0.0488. The number of fused-ring (bicyclic) bond motifs is 1. The summed E-state index contributed by atoms with van der Waals surface area (Å²) in [6, 6.07) is 3.32. The van der Waals surface area contributed by atoms with Crippen LogP contribution in [0.5, 0.6) is 5.75 Å². The summed E-state index contributed by atoms with van der Waals surface area (Å²) in [5, 5.41) is 9.62. The van der Waals surface area contributed by atoms with Crippen LogP contribution in [0.15, 0.2) is 12.1 Å². The molecule has 0 fully saturated rings. The number of aromatic hydroxyl groups is 1. The lowest BCUT2D eigenvalue weighted by Crippen LogP contribution is -2.18. The maximum atomic E-state index is 9.62. The van der Waals surface area contributed by atoms with Gasteiger partial charge in [-0.05, 0) is 37.0 Å². The zero-order valence-electron chi connectivity index (χ0n) is 7.46. The fourth-order valence-corrected chi connectivity index (χ4v) is 2.01. The van der Waals surface area contributed by atoms with Crippen LogP contribution in [0.4, 0.5) is 5.69 Å². The third-order valence-electron chi connectivity index (χ3n) is 2.68. The summed E-state index contributed by atoms with van der Waals surface area (Å²) < 4.78 is 0. The summed E-state index contributed by atoms with van der Waals surface area (Å²) in [4.78, 5) is 0. The van der Waals surface area contributed by atoms with Crippen LogP contribution in [0.2, 0.25) is 0 Å². The minimum absolute atomic E-state index is 0.0488. The van der Waals surface area contributed by atoms with E-state index in [4.69, 9.17) is 11.5 Å². The van der Waals surface area contributed by atoms with Gasteiger partial charge in [0.2, 0.25) is 0 Å². The molecule has 0 radical (unpaired) electrons. The molecule has 1 atom stereocenters. The molecule has 1 aromatic carbocycles. The summed E-state index contributed by atoms with van der Waals surface area (Å²) in [5.41, 5.74) is 14.4. The van der Waals surface area contributed by atoms with E-state index in [0.717, 1.165) is 36.1 Å². The van der Waals surface area contributed by atoms with Gasteiger partial charge in [0, 0.05) is 17.3 Å². The van der Waals surface area contributed by atoms with E-state index in [1.165, 1.54) is 0 Å². The molecular formula is C10H14N2O. The average Bonchev–Trinajstić information content (AvgIpc) is 2.12. The number of rotatable bonds is 0. The van der Waals surface area contributed by atoms with Gasteiger partial charge < -0.3 is 16.6 Å². The van der Waals surface area contributed by atoms with E-state index in [1.54, 1.807) is 12.1 Å². The summed E-state index contributed by atoms with van der Waals surface area (Å²) in [6.45, 7) is 0. The monoisotopic (exact) mass is 178 g/mol. The van der Waals surface area contributed by atoms with E-state index >= 15 is 0 Å². The van der Waals surface area contributed by atoms with Gasteiger partial charge in [-0.3, -0.25) is 0 Å². The topological polar surface area (TPSA) is 72.3 Å². The number of anilines is 1. The van der Waals surface area contributed by atoms with Gasteiger partial charge in [0.05, 0.1) is 0 Å². The van der Waals surface area contributed by atoms with Gasteiger partial charge in [-0.25, -0.2) is 0 Å². The molecule has 0 bridgehead atoms. The van der Waals surface area contributed by atoms with E-state index < -0.39 is 0 Å². The zero-order chi connectivity index (χ0) is 9.42. The van der Waals surface area contributed by atoms with Crippen LogP contribution in [-0.2, 0) is 6.42 Å². The van der Waals surface area contributed by atoms with Crippen LogP contribution >= 0.6 is 0 Å². The molecule has 1 unspecified atom stereocenters. The Bertz CT molecular complexity index is 336. The highest BCUT2D eigenvalue weighted by Crippen LogP contribution is 2.37. The summed E-state index contributed by atoms with van der Waals surface area (Å²) >= 11 is 0. The van der Waals surface area contributed by atoms with Gasteiger partial charge in [-0.2, -0.15) is 0 Å². The molecule has 5 N–H and O–H groups in total. The lowest BCUT2D eigenvalue weighted by atomic mass is 9.86. The van der Waals surface area contributed by atoms with E-state index in [9.17, 15) is 5.11 Å². The number of hydrogen-bond donors (Lipinski definition) is 3. The van der Waals surface area contributed by atoms with Crippen molar-refractivity contribution in [3.63, 3.8) is 0 Å². The second-order valence-electron chi connectivity index (χ2n) is 3.56. The van der Waals surface area contributed by atoms with Gasteiger partial charge in [0.15, 0.2) is 0 Å². The molecule has 1 aliphatic rings. The van der Waals surface area contributed by atoms with Gasteiger partial charge >= 0.3 is 0 Å². The van der Waals surface area contributed by atoms with Crippen LogP contribution in [0, 0.1) is 0 Å². The van der Waals surface area contributed by atoms with E-state index in [0.29, 0.717) is 0 Å².